The van der Waals surface area contributed by atoms with Gasteiger partial charge in [-0.05, 0) is 20.8 Å². The zero-order valence-electron chi connectivity index (χ0n) is 12.4. The fourth-order valence-corrected chi connectivity index (χ4v) is 1.80. The molecule has 0 aliphatic carbocycles. The van der Waals surface area contributed by atoms with Crippen LogP contribution < -0.4 is 5.73 Å². The summed E-state index contributed by atoms with van der Waals surface area (Å²) in [4.78, 5) is 14.2. The van der Waals surface area contributed by atoms with Gasteiger partial charge < -0.3 is 20.6 Å². The van der Waals surface area contributed by atoms with Crippen molar-refractivity contribution < 1.29 is 14.6 Å². The second-order valence-corrected chi connectivity index (χ2v) is 5.63. The van der Waals surface area contributed by atoms with Gasteiger partial charge in [-0.15, -0.1) is 12.6 Å². The third-order valence-corrected chi connectivity index (χ3v) is 3.13. The van der Waals surface area contributed by atoms with E-state index in [1.165, 1.54) is 0 Å². The lowest BCUT2D eigenvalue weighted by Gasteiger charge is -2.21. The molecule has 1 aromatic heterocycles. The number of aromatic carboxylic acids is 1. The normalized spacial score (nSPS) is 10.7. The first-order valence-corrected chi connectivity index (χ1v) is 7.10. The van der Waals surface area contributed by atoms with Crippen LogP contribution >= 0.6 is 24.8 Å². The van der Waals surface area contributed by atoms with Crippen LogP contribution in [0.2, 0.25) is 0 Å². The van der Waals surface area contributed by atoms with Crippen LogP contribution in [0.15, 0.2) is 4.90 Å². The van der Waals surface area contributed by atoms with Crippen molar-refractivity contribution in [2.45, 2.75) is 51.7 Å². The Balaban J connectivity index is 0.00000172. The van der Waals surface area contributed by atoms with E-state index in [0.717, 1.165) is 0 Å². The standard InChI is InChI=1S/C11H16N2O3S2.C2H6/c1-11(2,3)16-4-5-6(10(14)15)8(12)13-9(18)7(5)17;1-2/h17H,4H2,1-3H3,(H,14,15)(H3,12,13,18);1-2H3. The quantitative estimate of drug-likeness (QED) is 0.504. The topological polar surface area (TPSA) is 88.3 Å². The summed E-state index contributed by atoms with van der Waals surface area (Å²) in [6.45, 7) is 9.71. The number of anilines is 1. The highest BCUT2D eigenvalue weighted by Crippen LogP contribution is 2.26. The molecule has 20 heavy (non-hydrogen) atoms. The molecule has 114 valence electrons. The number of thiol groups is 1. The molecule has 0 radical (unpaired) electrons. The zero-order valence-corrected chi connectivity index (χ0v) is 14.1. The van der Waals surface area contributed by atoms with Crippen molar-refractivity contribution >= 4 is 36.6 Å². The predicted octanol–water partition coefficient (Wildman–Crippen LogP) is 3.65. The van der Waals surface area contributed by atoms with Gasteiger partial charge in [-0.3, -0.25) is 0 Å². The molecule has 0 aliphatic rings. The minimum atomic E-state index is -1.14. The van der Waals surface area contributed by atoms with Crippen LogP contribution in [0, 0.1) is 4.64 Å². The number of aromatic amines is 1. The highest BCUT2D eigenvalue weighted by atomic mass is 32.1. The lowest BCUT2D eigenvalue weighted by atomic mass is 10.1. The Bertz CT molecular complexity index is 534. The van der Waals surface area contributed by atoms with Gasteiger partial charge in [-0.1, -0.05) is 26.1 Å². The first-order chi connectivity index (χ1) is 9.13. The Kier molecular flexibility index (Phi) is 7.26. The van der Waals surface area contributed by atoms with E-state index in [4.69, 9.17) is 27.8 Å². The monoisotopic (exact) mass is 318 g/mol. The number of hydrogen-bond acceptors (Lipinski definition) is 5. The molecule has 5 nitrogen and oxygen atoms in total. The van der Waals surface area contributed by atoms with E-state index in [-0.39, 0.29) is 18.0 Å². The third-order valence-electron chi connectivity index (χ3n) is 2.18. The molecule has 0 saturated heterocycles. The third kappa shape index (κ3) is 5.15. The maximum absolute atomic E-state index is 11.2. The van der Waals surface area contributed by atoms with Crippen molar-refractivity contribution in [2.24, 2.45) is 0 Å². The summed E-state index contributed by atoms with van der Waals surface area (Å²) in [6, 6.07) is 0. The maximum atomic E-state index is 11.2. The SMILES string of the molecule is CC.CC(C)(C)OCc1c(C(=O)O)c(N)[nH]c(=S)c1S. The van der Waals surface area contributed by atoms with Crippen LogP contribution in [-0.4, -0.2) is 21.7 Å². The minimum absolute atomic E-state index is 0.0119. The lowest BCUT2D eigenvalue weighted by molar-refractivity contribution is -0.0163. The maximum Gasteiger partial charge on any atom is 0.339 e. The largest absolute Gasteiger partial charge is 0.478 e. The van der Waals surface area contributed by atoms with Gasteiger partial charge in [0, 0.05) is 10.5 Å². The summed E-state index contributed by atoms with van der Waals surface area (Å²) in [6.07, 6.45) is 0. The summed E-state index contributed by atoms with van der Waals surface area (Å²) < 4.78 is 5.87. The summed E-state index contributed by atoms with van der Waals surface area (Å²) in [5, 5.41) is 9.17. The Morgan fingerprint density at radius 1 is 1.45 bits per heavy atom. The molecule has 0 aromatic carbocycles. The summed E-state index contributed by atoms with van der Waals surface area (Å²) in [7, 11) is 0. The number of carbonyl (C=O) groups is 1. The second kappa shape index (κ2) is 7.66. The van der Waals surface area contributed by atoms with Crippen LogP contribution in [-0.2, 0) is 11.3 Å². The molecule has 0 spiro atoms. The van der Waals surface area contributed by atoms with Crippen molar-refractivity contribution in [3.05, 3.63) is 15.8 Å². The smallest absolute Gasteiger partial charge is 0.339 e. The highest BCUT2D eigenvalue weighted by molar-refractivity contribution is 7.81. The molecule has 0 saturated carbocycles. The van der Waals surface area contributed by atoms with Gasteiger partial charge in [0.15, 0.2) is 0 Å². The van der Waals surface area contributed by atoms with E-state index in [9.17, 15) is 4.79 Å². The Morgan fingerprint density at radius 2 is 1.95 bits per heavy atom. The van der Waals surface area contributed by atoms with E-state index in [0.29, 0.717) is 15.1 Å². The fraction of sp³-hybridized carbons (Fsp3) is 0.538. The van der Waals surface area contributed by atoms with Crippen molar-refractivity contribution in [1.29, 1.82) is 0 Å². The summed E-state index contributed by atoms with van der Waals surface area (Å²) in [5.41, 5.74) is 5.59. The number of ether oxygens (including phenoxy) is 1. The number of carboxylic acids is 1. The van der Waals surface area contributed by atoms with Crippen molar-refractivity contribution in [3.63, 3.8) is 0 Å². The van der Waals surface area contributed by atoms with Crippen LogP contribution in [0.25, 0.3) is 0 Å². The second-order valence-electron chi connectivity index (χ2n) is 4.78. The average Bonchev–Trinajstić information content (AvgIpc) is 2.32. The van der Waals surface area contributed by atoms with Gasteiger partial charge in [0.25, 0.3) is 0 Å². The summed E-state index contributed by atoms with van der Waals surface area (Å²) >= 11 is 9.24. The van der Waals surface area contributed by atoms with Gasteiger partial charge in [-0.2, -0.15) is 0 Å². The van der Waals surface area contributed by atoms with Crippen molar-refractivity contribution in [1.82, 2.24) is 4.98 Å². The number of pyridine rings is 1. The highest BCUT2D eigenvalue weighted by Gasteiger charge is 2.20. The predicted molar refractivity (Wildman–Crippen MR) is 86.1 cm³/mol. The molecule has 0 aliphatic heterocycles. The molecule has 1 rings (SSSR count). The number of H-pyrrole nitrogens is 1. The summed E-state index contributed by atoms with van der Waals surface area (Å²) in [5.74, 6) is -1.13. The van der Waals surface area contributed by atoms with Gasteiger partial charge in [0.05, 0.1) is 12.2 Å². The lowest BCUT2D eigenvalue weighted by Crippen LogP contribution is -2.20. The Labute approximate surface area is 129 Å². The van der Waals surface area contributed by atoms with E-state index in [1.54, 1.807) is 0 Å². The molecular formula is C13H22N2O3S2. The van der Waals surface area contributed by atoms with Crippen LogP contribution in [0.1, 0.15) is 50.5 Å². The van der Waals surface area contributed by atoms with E-state index in [2.05, 4.69) is 17.6 Å². The van der Waals surface area contributed by atoms with E-state index < -0.39 is 11.6 Å². The average molecular weight is 318 g/mol. The Morgan fingerprint density at radius 3 is 2.35 bits per heavy atom. The first kappa shape index (κ1) is 18.9. The molecule has 1 heterocycles. The van der Waals surface area contributed by atoms with Crippen LogP contribution in [0.3, 0.4) is 0 Å². The van der Waals surface area contributed by atoms with Gasteiger partial charge in [-0.25, -0.2) is 4.79 Å². The zero-order chi connectivity index (χ0) is 16.1. The number of nitrogens with one attached hydrogen (secondary N) is 1. The van der Waals surface area contributed by atoms with Gasteiger partial charge in [0.2, 0.25) is 0 Å². The number of aromatic nitrogens is 1. The number of nitrogen functional groups attached to an aromatic ring is 1. The molecular weight excluding hydrogens is 296 g/mol. The molecule has 0 atom stereocenters. The van der Waals surface area contributed by atoms with Gasteiger partial charge >= 0.3 is 5.97 Å². The van der Waals surface area contributed by atoms with Gasteiger partial charge in [0.1, 0.15) is 16.0 Å². The molecule has 0 amide bonds. The molecule has 0 unspecified atom stereocenters. The van der Waals surface area contributed by atoms with E-state index >= 15 is 0 Å². The number of nitrogens with two attached hydrogens (primary N) is 1. The molecule has 4 N–H and O–H groups in total. The van der Waals surface area contributed by atoms with Crippen LogP contribution in [0.5, 0.6) is 0 Å². The molecule has 1 aromatic rings. The van der Waals surface area contributed by atoms with Crippen LogP contribution in [0.4, 0.5) is 5.82 Å². The van der Waals surface area contributed by atoms with E-state index in [1.807, 2.05) is 34.6 Å². The Hall–Kier alpha value is -1.05. The first-order valence-electron chi connectivity index (χ1n) is 6.24. The molecule has 7 heteroatoms. The number of rotatable bonds is 3. The van der Waals surface area contributed by atoms with Crippen molar-refractivity contribution in [2.75, 3.05) is 5.73 Å². The molecule has 0 bridgehead atoms. The van der Waals surface area contributed by atoms with Crippen molar-refractivity contribution in [3.8, 4) is 0 Å². The molecule has 0 fully saturated rings. The fourth-order valence-electron chi connectivity index (χ4n) is 1.34. The number of hydrogen-bond donors (Lipinski definition) is 4. The minimum Gasteiger partial charge on any atom is -0.478 e. The number of carboxylic acid groups (broad SMARTS) is 1.